The first kappa shape index (κ1) is 20.5. The van der Waals surface area contributed by atoms with Gasteiger partial charge in [-0.15, -0.1) is 11.3 Å². The number of rotatable bonds is 7. The molecule has 146 valence electrons. The molecule has 0 unspecified atom stereocenters. The number of hydrogen-bond donors (Lipinski definition) is 1. The normalized spacial score (nSPS) is 11.0. The van der Waals surface area contributed by atoms with Crippen LogP contribution in [0.3, 0.4) is 0 Å². The fourth-order valence-electron chi connectivity index (χ4n) is 2.88. The lowest BCUT2D eigenvalue weighted by Gasteiger charge is -2.06. The molecule has 0 saturated carbocycles. The van der Waals surface area contributed by atoms with E-state index in [-0.39, 0.29) is 11.7 Å². The molecule has 1 aromatic carbocycles. The number of thiophene rings is 1. The Hall–Kier alpha value is -2.25. The highest BCUT2D eigenvalue weighted by atomic mass is 32.2. The van der Waals surface area contributed by atoms with Crippen molar-refractivity contribution in [1.82, 2.24) is 15.3 Å². The summed E-state index contributed by atoms with van der Waals surface area (Å²) in [6, 6.07) is 7.60. The highest BCUT2D eigenvalue weighted by molar-refractivity contribution is 8.00. The third-order valence-electron chi connectivity index (χ3n) is 4.51. The van der Waals surface area contributed by atoms with Crippen molar-refractivity contribution in [2.45, 2.75) is 39.1 Å². The number of benzene rings is 1. The van der Waals surface area contributed by atoms with Gasteiger partial charge >= 0.3 is 0 Å². The number of carbonyl (C=O) groups excluding carboxylic acids is 2. The maximum Gasteiger partial charge on any atom is 0.216 e. The lowest BCUT2D eigenvalue weighted by molar-refractivity contribution is -0.118. The average Bonchev–Trinajstić information content (AvgIpc) is 2.93. The topological polar surface area (TPSA) is 72.0 Å². The Bertz CT molecular complexity index is 1030. The molecule has 1 amide bonds. The van der Waals surface area contributed by atoms with Crippen LogP contribution in [-0.4, -0.2) is 34.0 Å². The number of ketones is 1. The van der Waals surface area contributed by atoms with Gasteiger partial charge in [0, 0.05) is 29.3 Å². The van der Waals surface area contributed by atoms with Gasteiger partial charge in [0.05, 0.1) is 5.75 Å². The number of aryl methyl sites for hydroxylation is 3. The Morgan fingerprint density at radius 3 is 2.50 bits per heavy atom. The lowest BCUT2D eigenvalue weighted by Crippen LogP contribution is -2.22. The van der Waals surface area contributed by atoms with E-state index in [1.165, 1.54) is 29.1 Å². The van der Waals surface area contributed by atoms with Gasteiger partial charge in [0.25, 0.3) is 0 Å². The molecule has 0 spiro atoms. The summed E-state index contributed by atoms with van der Waals surface area (Å²) < 4.78 is 0. The van der Waals surface area contributed by atoms with Crippen molar-refractivity contribution in [2.24, 2.45) is 0 Å². The second-order valence-corrected chi connectivity index (χ2v) is 8.85. The molecule has 1 N–H and O–H groups in total. The predicted molar refractivity (Wildman–Crippen MR) is 116 cm³/mol. The van der Waals surface area contributed by atoms with Crippen molar-refractivity contribution in [3.05, 3.63) is 51.7 Å². The van der Waals surface area contributed by atoms with Gasteiger partial charge in [0.1, 0.15) is 15.7 Å². The van der Waals surface area contributed by atoms with Gasteiger partial charge in [-0.25, -0.2) is 9.97 Å². The van der Waals surface area contributed by atoms with Gasteiger partial charge < -0.3 is 5.32 Å². The van der Waals surface area contributed by atoms with Gasteiger partial charge in [-0.2, -0.15) is 0 Å². The first-order valence-corrected chi connectivity index (χ1v) is 10.9. The van der Waals surface area contributed by atoms with Crippen LogP contribution < -0.4 is 5.32 Å². The summed E-state index contributed by atoms with van der Waals surface area (Å²) >= 11 is 3.15. The van der Waals surface area contributed by atoms with E-state index in [0.29, 0.717) is 17.9 Å². The van der Waals surface area contributed by atoms with Crippen LogP contribution in [0.15, 0.2) is 29.3 Å². The molecule has 0 saturated heterocycles. The van der Waals surface area contributed by atoms with E-state index < -0.39 is 0 Å². The number of aromatic nitrogens is 2. The molecule has 7 heteroatoms. The summed E-state index contributed by atoms with van der Waals surface area (Å²) in [5.74, 6) is 1.11. The number of thioether (sulfide) groups is 1. The van der Waals surface area contributed by atoms with E-state index in [9.17, 15) is 9.59 Å². The van der Waals surface area contributed by atoms with Crippen LogP contribution in [0.5, 0.6) is 0 Å². The highest BCUT2D eigenvalue weighted by Crippen LogP contribution is 2.35. The number of carbonyl (C=O) groups is 2. The molecule has 2 heterocycles. The first-order valence-electron chi connectivity index (χ1n) is 9.09. The van der Waals surface area contributed by atoms with Gasteiger partial charge in [-0.1, -0.05) is 36.0 Å². The Balaban J connectivity index is 1.67. The molecule has 0 fully saturated rings. The van der Waals surface area contributed by atoms with Crippen LogP contribution in [0.25, 0.3) is 10.2 Å². The maximum atomic E-state index is 12.6. The van der Waals surface area contributed by atoms with Crippen LogP contribution in [0, 0.1) is 20.8 Å². The molecule has 0 radical (unpaired) electrons. The molecule has 0 aliphatic heterocycles. The molecule has 3 aromatic rings. The van der Waals surface area contributed by atoms with Crippen molar-refractivity contribution in [1.29, 1.82) is 0 Å². The molecular formula is C21H23N3O2S2. The minimum atomic E-state index is -0.0334. The molecule has 2 aromatic heterocycles. The van der Waals surface area contributed by atoms with Crippen LogP contribution in [0.4, 0.5) is 0 Å². The van der Waals surface area contributed by atoms with E-state index >= 15 is 0 Å². The van der Waals surface area contributed by atoms with E-state index in [1.807, 2.05) is 31.2 Å². The Morgan fingerprint density at radius 1 is 1.11 bits per heavy atom. The molecule has 0 aliphatic rings. The maximum absolute atomic E-state index is 12.6. The number of Topliss-reactive ketones (excluding diaryl/α,β-unsaturated/α-hetero) is 1. The summed E-state index contributed by atoms with van der Waals surface area (Å²) in [6.07, 6.45) is 0.748. The zero-order chi connectivity index (χ0) is 20.3. The number of fused-ring (bicyclic) bond motifs is 1. The van der Waals surface area contributed by atoms with Crippen molar-refractivity contribution >= 4 is 45.0 Å². The summed E-state index contributed by atoms with van der Waals surface area (Å²) in [5, 5.41) is 4.72. The molecular weight excluding hydrogens is 390 g/mol. The van der Waals surface area contributed by atoms with Crippen LogP contribution in [0.2, 0.25) is 0 Å². The Kier molecular flexibility index (Phi) is 6.46. The molecule has 5 nitrogen and oxygen atoms in total. The molecule has 0 aliphatic carbocycles. The van der Waals surface area contributed by atoms with Crippen LogP contribution in [0.1, 0.15) is 39.1 Å². The number of hydrogen-bond acceptors (Lipinski definition) is 6. The highest BCUT2D eigenvalue weighted by Gasteiger charge is 2.15. The Morgan fingerprint density at radius 2 is 1.82 bits per heavy atom. The summed E-state index contributed by atoms with van der Waals surface area (Å²) in [7, 11) is 0. The number of nitrogens with one attached hydrogen (secondary N) is 1. The number of amides is 1. The van der Waals surface area contributed by atoms with Crippen LogP contribution >= 0.6 is 23.1 Å². The van der Waals surface area contributed by atoms with E-state index in [2.05, 4.69) is 29.1 Å². The molecule has 28 heavy (non-hydrogen) atoms. The van der Waals surface area contributed by atoms with E-state index in [4.69, 9.17) is 0 Å². The Labute approximate surface area is 173 Å². The van der Waals surface area contributed by atoms with Crippen molar-refractivity contribution in [3.8, 4) is 0 Å². The molecule has 0 bridgehead atoms. The minimum Gasteiger partial charge on any atom is -0.356 e. The molecule has 3 rings (SSSR count). The fraction of sp³-hybridized carbons (Fsp3) is 0.333. The van der Waals surface area contributed by atoms with Gasteiger partial charge in [-0.3, -0.25) is 9.59 Å². The van der Waals surface area contributed by atoms with Crippen molar-refractivity contribution in [3.63, 3.8) is 0 Å². The first-order chi connectivity index (χ1) is 13.3. The predicted octanol–water partition coefficient (Wildman–Crippen LogP) is 4.27. The summed E-state index contributed by atoms with van der Waals surface area (Å²) in [4.78, 5) is 34.9. The quantitative estimate of drug-likeness (QED) is 0.356. The van der Waals surface area contributed by atoms with E-state index in [1.54, 1.807) is 11.3 Å². The standard InChI is InChI=1S/C21H23N3O2S2/c1-12-13(2)28-21-19(12)20(23-14(3)24-21)27-11-18(26)17-7-5-16(6-8-17)9-10-22-15(4)25/h5-8H,9-11H2,1-4H3,(H,22,25). The summed E-state index contributed by atoms with van der Waals surface area (Å²) in [5.41, 5.74) is 2.98. The molecule has 0 atom stereocenters. The van der Waals surface area contributed by atoms with Crippen molar-refractivity contribution in [2.75, 3.05) is 12.3 Å². The second-order valence-electron chi connectivity index (χ2n) is 6.68. The lowest BCUT2D eigenvalue weighted by atomic mass is 10.1. The third kappa shape index (κ3) is 4.77. The van der Waals surface area contributed by atoms with E-state index in [0.717, 1.165) is 33.1 Å². The summed E-state index contributed by atoms with van der Waals surface area (Å²) in [6.45, 7) is 8.16. The second kappa shape index (κ2) is 8.84. The van der Waals surface area contributed by atoms with Crippen LogP contribution in [-0.2, 0) is 11.2 Å². The van der Waals surface area contributed by atoms with Gasteiger partial charge in [0.2, 0.25) is 5.91 Å². The minimum absolute atomic E-state index is 0.0334. The third-order valence-corrected chi connectivity index (χ3v) is 6.59. The monoisotopic (exact) mass is 413 g/mol. The van der Waals surface area contributed by atoms with Crippen molar-refractivity contribution < 1.29 is 9.59 Å². The zero-order valence-electron chi connectivity index (χ0n) is 16.5. The smallest absolute Gasteiger partial charge is 0.216 e. The SMILES string of the molecule is CC(=O)NCCc1ccc(C(=O)CSc2nc(C)nc3sc(C)c(C)c23)cc1. The van der Waals surface area contributed by atoms with Gasteiger partial charge in [0.15, 0.2) is 5.78 Å². The fourth-order valence-corrected chi connectivity index (χ4v) is 5.04. The zero-order valence-corrected chi connectivity index (χ0v) is 18.1. The van der Waals surface area contributed by atoms with Gasteiger partial charge in [-0.05, 0) is 38.3 Å². The largest absolute Gasteiger partial charge is 0.356 e. The average molecular weight is 414 g/mol. The number of nitrogens with zero attached hydrogens (tertiary/aromatic N) is 2.